The van der Waals surface area contributed by atoms with E-state index in [4.69, 9.17) is 27.9 Å². The highest BCUT2D eigenvalue weighted by atomic mass is 35.5. The number of hydrogen-bond donors (Lipinski definition) is 0. The minimum atomic E-state index is -0.382. The van der Waals surface area contributed by atoms with Crippen molar-refractivity contribution in [1.82, 2.24) is 0 Å². The van der Waals surface area contributed by atoms with Gasteiger partial charge >= 0.3 is 0 Å². The van der Waals surface area contributed by atoms with Crippen molar-refractivity contribution < 1.29 is 9.13 Å². The van der Waals surface area contributed by atoms with Gasteiger partial charge in [0, 0.05) is 7.11 Å². The van der Waals surface area contributed by atoms with Crippen LogP contribution in [0.15, 0.2) is 18.2 Å². The summed E-state index contributed by atoms with van der Waals surface area (Å²) in [4.78, 5) is 0. The molecule has 0 saturated heterocycles. The third-order valence-corrected chi connectivity index (χ3v) is 2.73. The minimum Gasteiger partial charge on any atom is -0.383 e. The molecule has 0 radical (unpaired) electrons. The van der Waals surface area contributed by atoms with E-state index in [1.165, 1.54) is 6.07 Å². The van der Waals surface area contributed by atoms with E-state index in [0.717, 1.165) is 18.4 Å². The molecule has 1 rings (SSSR count). The molecule has 4 heteroatoms. The van der Waals surface area contributed by atoms with Gasteiger partial charge in [-0.15, -0.1) is 11.6 Å². The lowest BCUT2D eigenvalue weighted by atomic mass is 10.1. The second-order valence-electron chi connectivity index (χ2n) is 3.34. The summed E-state index contributed by atoms with van der Waals surface area (Å²) in [6, 6.07) is 4.81. The summed E-state index contributed by atoms with van der Waals surface area (Å²) < 4.78 is 18.0. The molecule has 1 aromatic carbocycles. The van der Waals surface area contributed by atoms with Crippen LogP contribution in [0.2, 0.25) is 5.02 Å². The smallest absolute Gasteiger partial charge is 0.142 e. The van der Waals surface area contributed by atoms with Crippen molar-refractivity contribution >= 4 is 23.2 Å². The number of halogens is 3. The molecule has 1 unspecified atom stereocenters. The molecule has 1 nitrogen and oxygen atoms in total. The first-order valence-corrected chi connectivity index (χ1v) is 5.52. The zero-order valence-corrected chi connectivity index (χ0v) is 9.98. The Morgan fingerprint density at radius 1 is 1.47 bits per heavy atom. The number of rotatable bonds is 5. The van der Waals surface area contributed by atoms with Gasteiger partial charge < -0.3 is 4.74 Å². The molecule has 0 amide bonds. The van der Waals surface area contributed by atoms with Crippen molar-refractivity contribution in [2.24, 2.45) is 0 Å². The number of alkyl halides is 1. The molecule has 84 valence electrons. The van der Waals surface area contributed by atoms with Crippen LogP contribution in [0.25, 0.3) is 0 Å². The van der Waals surface area contributed by atoms with Crippen LogP contribution in [0.1, 0.15) is 12.0 Å². The van der Waals surface area contributed by atoms with E-state index in [0.29, 0.717) is 6.61 Å². The van der Waals surface area contributed by atoms with Crippen molar-refractivity contribution in [3.05, 3.63) is 34.6 Å². The van der Waals surface area contributed by atoms with Gasteiger partial charge in [0.15, 0.2) is 0 Å². The summed E-state index contributed by atoms with van der Waals surface area (Å²) in [6.07, 6.45) is 1.49. The number of ether oxygens (including phenoxy) is 1. The van der Waals surface area contributed by atoms with Gasteiger partial charge in [0.05, 0.1) is 17.0 Å². The molecule has 0 N–H and O–H groups in total. The van der Waals surface area contributed by atoms with Crippen LogP contribution in [0.5, 0.6) is 0 Å². The third-order valence-electron chi connectivity index (χ3n) is 2.08. The maximum absolute atomic E-state index is 13.1. The molecule has 0 spiro atoms. The fraction of sp³-hybridized carbons (Fsp3) is 0.455. The summed E-state index contributed by atoms with van der Waals surface area (Å²) in [5.41, 5.74) is 0.902. The lowest BCUT2D eigenvalue weighted by molar-refractivity contribution is 0.195. The van der Waals surface area contributed by atoms with Crippen molar-refractivity contribution in [1.29, 1.82) is 0 Å². The highest BCUT2D eigenvalue weighted by Crippen LogP contribution is 2.17. The normalized spacial score (nSPS) is 12.8. The number of hydrogen-bond acceptors (Lipinski definition) is 1. The van der Waals surface area contributed by atoms with E-state index in [-0.39, 0.29) is 16.2 Å². The van der Waals surface area contributed by atoms with E-state index < -0.39 is 0 Å². The van der Waals surface area contributed by atoms with Gasteiger partial charge in [-0.05, 0) is 30.5 Å². The predicted octanol–water partition coefficient (Wildman–Crippen LogP) is 3.67. The average molecular weight is 251 g/mol. The SMILES string of the molecule is COCC(Cl)CCc1ccc(Cl)c(F)c1. The Labute approximate surface area is 99.1 Å². The van der Waals surface area contributed by atoms with E-state index in [2.05, 4.69) is 0 Å². The molecule has 0 heterocycles. The molecule has 0 fully saturated rings. The molecule has 0 bridgehead atoms. The van der Waals surface area contributed by atoms with E-state index in [9.17, 15) is 4.39 Å². The second kappa shape index (κ2) is 6.31. The molecular weight excluding hydrogens is 238 g/mol. The first-order valence-electron chi connectivity index (χ1n) is 4.70. The maximum Gasteiger partial charge on any atom is 0.142 e. The van der Waals surface area contributed by atoms with Crippen LogP contribution in [-0.2, 0) is 11.2 Å². The van der Waals surface area contributed by atoms with Crippen LogP contribution in [0, 0.1) is 5.82 Å². The summed E-state index contributed by atoms with van der Waals surface area (Å²) in [5.74, 6) is -0.382. The average Bonchev–Trinajstić information content (AvgIpc) is 2.20. The van der Waals surface area contributed by atoms with Crippen LogP contribution in [0.4, 0.5) is 4.39 Å². The molecular formula is C11H13Cl2FO. The first kappa shape index (κ1) is 12.8. The van der Waals surface area contributed by atoms with Gasteiger partial charge in [-0.3, -0.25) is 0 Å². The molecule has 0 aliphatic carbocycles. The molecule has 15 heavy (non-hydrogen) atoms. The standard InChI is InChI=1S/C11H13Cl2FO/c1-15-7-9(12)4-2-8-3-5-10(13)11(14)6-8/h3,5-6,9H,2,4,7H2,1H3. The molecule has 1 aromatic rings. The Hall–Kier alpha value is -0.310. The third kappa shape index (κ3) is 4.37. The molecule has 0 saturated carbocycles. The van der Waals surface area contributed by atoms with Crippen LogP contribution in [0.3, 0.4) is 0 Å². The number of methoxy groups -OCH3 is 1. The summed E-state index contributed by atoms with van der Waals surface area (Å²) in [5, 5.41) is 0.117. The highest BCUT2D eigenvalue weighted by Gasteiger charge is 2.06. The van der Waals surface area contributed by atoms with E-state index >= 15 is 0 Å². The van der Waals surface area contributed by atoms with E-state index in [1.54, 1.807) is 13.2 Å². The Morgan fingerprint density at radius 2 is 2.20 bits per heavy atom. The zero-order valence-electron chi connectivity index (χ0n) is 8.47. The largest absolute Gasteiger partial charge is 0.383 e. The zero-order chi connectivity index (χ0) is 11.3. The lowest BCUT2D eigenvalue weighted by Crippen LogP contribution is -2.08. The Morgan fingerprint density at radius 3 is 2.80 bits per heavy atom. The highest BCUT2D eigenvalue weighted by molar-refractivity contribution is 6.30. The number of aryl methyl sites for hydroxylation is 1. The first-order chi connectivity index (χ1) is 7.13. The van der Waals surface area contributed by atoms with Gasteiger partial charge in [0.25, 0.3) is 0 Å². The van der Waals surface area contributed by atoms with Crippen molar-refractivity contribution in [3.8, 4) is 0 Å². The van der Waals surface area contributed by atoms with Gasteiger partial charge in [-0.2, -0.15) is 0 Å². The van der Waals surface area contributed by atoms with Gasteiger partial charge in [0.1, 0.15) is 5.82 Å². The maximum atomic E-state index is 13.1. The van der Waals surface area contributed by atoms with Crippen LogP contribution >= 0.6 is 23.2 Å². The Balaban J connectivity index is 2.47. The molecule has 1 atom stereocenters. The minimum absolute atomic E-state index is 0.0336. The fourth-order valence-electron chi connectivity index (χ4n) is 1.28. The summed E-state index contributed by atoms with van der Waals surface area (Å²) in [6.45, 7) is 0.512. The molecule has 0 aliphatic heterocycles. The van der Waals surface area contributed by atoms with Gasteiger partial charge in [-0.25, -0.2) is 4.39 Å². The van der Waals surface area contributed by atoms with Crippen molar-refractivity contribution in [2.75, 3.05) is 13.7 Å². The summed E-state index contributed by atoms with van der Waals surface area (Å²) in [7, 11) is 1.61. The number of benzene rings is 1. The topological polar surface area (TPSA) is 9.23 Å². The fourth-order valence-corrected chi connectivity index (χ4v) is 1.64. The second-order valence-corrected chi connectivity index (χ2v) is 4.36. The predicted molar refractivity (Wildman–Crippen MR) is 61.2 cm³/mol. The van der Waals surface area contributed by atoms with E-state index in [1.807, 2.05) is 6.07 Å². The monoisotopic (exact) mass is 250 g/mol. The Kier molecular flexibility index (Phi) is 5.37. The van der Waals surface area contributed by atoms with Crippen LogP contribution < -0.4 is 0 Å². The quantitative estimate of drug-likeness (QED) is 0.725. The van der Waals surface area contributed by atoms with Gasteiger partial charge in [-0.1, -0.05) is 17.7 Å². The molecule has 0 aliphatic rings. The van der Waals surface area contributed by atoms with Gasteiger partial charge in [0.2, 0.25) is 0 Å². The summed E-state index contributed by atoms with van der Waals surface area (Å²) >= 11 is 11.5. The lowest BCUT2D eigenvalue weighted by Gasteiger charge is -2.08. The molecule has 0 aromatic heterocycles. The van der Waals surface area contributed by atoms with Crippen molar-refractivity contribution in [3.63, 3.8) is 0 Å². The van der Waals surface area contributed by atoms with Crippen molar-refractivity contribution in [2.45, 2.75) is 18.2 Å². The Bertz CT molecular complexity index is 317. The van der Waals surface area contributed by atoms with Crippen LogP contribution in [-0.4, -0.2) is 19.1 Å².